The molecule has 0 aliphatic heterocycles. The van der Waals surface area contributed by atoms with Crippen molar-refractivity contribution < 1.29 is 8.94 Å². The van der Waals surface area contributed by atoms with Gasteiger partial charge in [-0.2, -0.15) is 4.98 Å². The number of hydrogen-bond donors (Lipinski definition) is 1. The first-order valence-electron chi connectivity index (χ1n) is 7.08. The van der Waals surface area contributed by atoms with Gasteiger partial charge in [0.2, 0.25) is 11.8 Å². The molecular weight excluding hydrogens is 282 g/mol. The van der Waals surface area contributed by atoms with E-state index in [4.69, 9.17) is 8.94 Å². The van der Waals surface area contributed by atoms with Gasteiger partial charge in [0, 0.05) is 12.5 Å². The molecule has 0 aliphatic rings. The van der Waals surface area contributed by atoms with Gasteiger partial charge < -0.3 is 8.94 Å². The molecule has 1 aromatic carbocycles. The fourth-order valence-corrected chi connectivity index (χ4v) is 2.12. The van der Waals surface area contributed by atoms with Crippen LogP contribution >= 0.6 is 0 Å². The molecule has 114 valence electrons. The summed E-state index contributed by atoms with van der Waals surface area (Å²) < 4.78 is 10.7. The molecule has 0 unspecified atom stereocenters. The minimum atomic E-state index is -0.108. The monoisotopic (exact) mass is 299 g/mol. The third-order valence-electron chi connectivity index (χ3n) is 3.26. The number of rotatable bonds is 5. The molecule has 0 saturated heterocycles. The largest absolute Gasteiger partial charge is 0.424 e. The molecule has 0 radical (unpaired) electrons. The van der Waals surface area contributed by atoms with Crippen molar-refractivity contribution in [3.8, 4) is 11.5 Å². The van der Waals surface area contributed by atoms with Crippen molar-refractivity contribution in [3.05, 3.63) is 47.9 Å². The molecule has 3 rings (SSSR count). The topological polar surface area (TPSA) is 89.9 Å². The Labute approximate surface area is 127 Å². The molecule has 0 aliphatic carbocycles. The molecule has 2 atom stereocenters. The highest BCUT2D eigenvalue weighted by Gasteiger charge is 2.20. The van der Waals surface area contributed by atoms with Gasteiger partial charge in [-0.15, -0.1) is 10.2 Å². The first kappa shape index (κ1) is 14.4. The molecule has 22 heavy (non-hydrogen) atoms. The first-order chi connectivity index (χ1) is 10.6. The van der Waals surface area contributed by atoms with Crippen LogP contribution in [0.1, 0.15) is 43.5 Å². The zero-order valence-electron chi connectivity index (χ0n) is 12.6. The third kappa shape index (κ3) is 3.04. The fraction of sp³-hybridized carbons (Fsp3) is 0.333. The number of nitrogens with one attached hydrogen (secondary N) is 1. The summed E-state index contributed by atoms with van der Waals surface area (Å²) in [5.41, 5.74) is 0.897. The first-order valence-corrected chi connectivity index (χ1v) is 7.08. The molecule has 1 N–H and O–H groups in total. The predicted octanol–water partition coefficient (Wildman–Crippen LogP) is 2.84. The molecular formula is C15H17N5O2. The zero-order valence-corrected chi connectivity index (χ0v) is 12.6. The second kappa shape index (κ2) is 6.07. The van der Waals surface area contributed by atoms with E-state index < -0.39 is 0 Å². The summed E-state index contributed by atoms with van der Waals surface area (Å²) in [5, 5.41) is 15.2. The minimum Gasteiger partial charge on any atom is -0.424 e. The van der Waals surface area contributed by atoms with Gasteiger partial charge in [-0.25, -0.2) is 0 Å². The van der Waals surface area contributed by atoms with Gasteiger partial charge in [0.1, 0.15) is 0 Å². The van der Waals surface area contributed by atoms with Crippen LogP contribution in [0.25, 0.3) is 11.5 Å². The smallest absolute Gasteiger partial charge is 0.257 e. The number of hydrogen-bond acceptors (Lipinski definition) is 7. The summed E-state index contributed by atoms with van der Waals surface area (Å²) in [4.78, 5) is 4.43. The van der Waals surface area contributed by atoms with Gasteiger partial charge >= 0.3 is 0 Å². The van der Waals surface area contributed by atoms with E-state index >= 15 is 0 Å². The maximum atomic E-state index is 5.41. The van der Waals surface area contributed by atoms with Crippen LogP contribution < -0.4 is 5.32 Å². The lowest BCUT2D eigenvalue weighted by Gasteiger charge is -2.13. The van der Waals surface area contributed by atoms with E-state index in [0.717, 1.165) is 5.56 Å². The Morgan fingerprint density at radius 1 is 1.05 bits per heavy atom. The summed E-state index contributed by atoms with van der Waals surface area (Å²) in [6.07, 6.45) is 0. The summed E-state index contributed by atoms with van der Waals surface area (Å²) in [5.74, 6) is 2.17. The molecule has 7 nitrogen and oxygen atoms in total. The number of aryl methyl sites for hydroxylation is 1. The number of aromatic nitrogens is 4. The van der Waals surface area contributed by atoms with Crippen LogP contribution in [0.5, 0.6) is 0 Å². The van der Waals surface area contributed by atoms with Crippen molar-refractivity contribution in [3.63, 3.8) is 0 Å². The highest BCUT2D eigenvalue weighted by Crippen LogP contribution is 2.21. The van der Waals surface area contributed by atoms with Crippen LogP contribution in [0.3, 0.4) is 0 Å². The highest BCUT2D eigenvalue weighted by molar-refractivity contribution is 5.52. The Balaban J connectivity index is 1.70. The van der Waals surface area contributed by atoms with Crippen molar-refractivity contribution in [2.45, 2.75) is 32.9 Å². The third-order valence-corrected chi connectivity index (χ3v) is 3.26. The molecule has 7 heteroatoms. The summed E-state index contributed by atoms with van der Waals surface area (Å²) in [7, 11) is 0. The molecule has 2 aromatic heterocycles. The van der Waals surface area contributed by atoms with Crippen LogP contribution in [-0.2, 0) is 0 Å². The Morgan fingerprint density at radius 3 is 2.50 bits per heavy atom. The Hall–Kier alpha value is -2.54. The van der Waals surface area contributed by atoms with E-state index in [1.807, 2.05) is 44.2 Å². The van der Waals surface area contributed by atoms with Crippen molar-refractivity contribution in [1.82, 2.24) is 25.7 Å². The molecule has 3 aromatic rings. The van der Waals surface area contributed by atoms with Gasteiger partial charge in [0.15, 0.2) is 5.82 Å². The van der Waals surface area contributed by atoms with Crippen LogP contribution in [0.15, 0.2) is 39.3 Å². The number of nitrogens with zero attached hydrogens (tertiary/aromatic N) is 4. The molecule has 0 amide bonds. The van der Waals surface area contributed by atoms with E-state index in [1.165, 1.54) is 0 Å². The molecule has 0 bridgehead atoms. The van der Waals surface area contributed by atoms with Crippen molar-refractivity contribution in [2.24, 2.45) is 0 Å². The van der Waals surface area contributed by atoms with Gasteiger partial charge in [0.25, 0.3) is 5.89 Å². The van der Waals surface area contributed by atoms with Crippen molar-refractivity contribution in [2.75, 3.05) is 0 Å². The Kier molecular flexibility index (Phi) is 3.97. The lowest BCUT2D eigenvalue weighted by atomic mass is 10.2. The van der Waals surface area contributed by atoms with Crippen LogP contribution in [0, 0.1) is 6.92 Å². The van der Waals surface area contributed by atoms with E-state index in [-0.39, 0.29) is 12.1 Å². The zero-order chi connectivity index (χ0) is 15.5. The second-order valence-electron chi connectivity index (χ2n) is 5.09. The van der Waals surface area contributed by atoms with Gasteiger partial charge in [-0.3, -0.25) is 5.32 Å². The minimum absolute atomic E-state index is 0.102. The quantitative estimate of drug-likeness (QED) is 0.774. The standard InChI is InChI=1S/C15H17N5O2/c1-9(16-10(2)14-19-18-11(3)21-14)13-17-15(22-20-13)12-7-5-4-6-8-12/h4-10,16H,1-3H3/t9-,10-/m0/s1. The molecule has 0 fully saturated rings. The summed E-state index contributed by atoms with van der Waals surface area (Å²) in [6, 6.07) is 9.46. The fourth-order valence-electron chi connectivity index (χ4n) is 2.12. The van der Waals surface area contributed by atoms with Crippen LogP contribution in [0.2, 0.25) is 0 Å². The summed E-state index contributed by atoms with van der Waals surface area (Å²) in [6.45, 7) is 5.67. The Bertz CT molecular complexity index is 737. The second-order valence-corrected chi connectivity index (χ2v) is 5.09. The van der Waals surface area contributed by atoms with E-state index in [2.05, 4.69) is 25.7 Å². The lowest BCUT2D eigenvalue weighted by molar-refractivity contribution is 0.362. The normalized spacial score (nSPS) is 14.0. The van der Waals surface area contributed by atoms with Gasteiger partial charge in [0.05, 0.1) is 12.1 Å². The van der Waals surface area contributed by atoms with Gasteiger partial charge in [-0.1, -0.05) is 23.4 Å². The van der Waals surface area contributed by atoms with Crippen LogP contribution in [0.4, 0.5) is 0 Å². The van der Waals surface area contributed by atoms with E-state index in [9.17, 15) is 0 Å². The SMILES string of the molecule is Cc1nnc([C@H](C)N[C@@H](C)c2noc(-c3ccccc3)n2)o1. The molecule has 0 spiro atoms. The maximum Gasteiger partial charge on any atom is 0.257 e. The predicted molar refractivity (Wildman–Crippen MR) is 78.7 cm³/mol. The molecule has 0 saturated carbocycles. The average Bonchev–Trinajstić information content (AvgIpc) is 3.17. The highest BCUT2D eigenvalue weighted by atomic mass is 16.5. The maximum absolute atomic E-state index is 5.41. The Morgan fingerprint density at radius 2 is 1.82 bits per heavy atom. The average molecular weight is 299 g/mol. The lowest BCUT2D eigenvalue weighted by Crippen LogP contribution is -2.23. The summed E-state index contributed by atoms with van der Waals surface area (Å²) >= 11 is 0. The van der Waals surface area contributed by atoms with Crippen molar-refractivity contribution >= 4 is 0 Å². The number of benzene rings is 1. The van der Waals surface area contributed by atoms with Gasteiger partial charge in [-0.05, 0) is 26.0 Å². The van der Waals surface area contributed by atoms with E-state index in [1.54, 1.807) is 6.92 Å². The van der Waals surface area contributed by atoms with Crippen molar-refractivity contribution in [1.29, 1.82) is 0 Å². The molecule has 2 heterocycles. The van der Waals surface area contributed by atoms with Crippen LogP contribution in [-0.4, -0.2) is 20.3 Å². The van der Waals surface area contributed by atoms with E-state index in [0.29, 0.717) is 23.5 Å².